The van der Waals surface area contributed by atoms with Crippen LogP contribution in [-0.2, 0) is 11.2 Å². The van der Waals surface area contributed by atoms with Gasteiger partial charge in [0.15, 0.2) is 0 Å². The number of likely N-dealkylation sites (tertiary alicyclic amines) is 1. The first-order valence-corrected chi connectivity index (χ1v) is 11.2. The number of anilines is 3. The first-order valence-electron chi connectivity index (χ1n) is 11.2. The summed E-state index contributed by atoms with van der Waals surface area (Å²) in [5.41, 5.74) is 3.13. The normalized spacial score (nSPS) is 15.3. The fourth-order valence-electron chi connectivity index (χ4n) is 3.65. The molecule has 1 fully saturated rings. The van der Waals surface area contributed by atoms with Gasteiger partial charge in [-0.3, -0.25) is 4.79 Å². The molecule has 0 spiro atoms. The van der Waals surface area contributed by atoms with Crippen molar-refractivity contribution < 1.29 is 14.4 Å². The van der Waals surface area contributed by atoms with E-state index in [9.17, 15) is 14.4 Å². The molecular formula is C25H31N5O3. The molecule has 0 saturated carbocycles. The molecule has 1 aliphatic heterocycles. The molecule has 8 heteroatoms. The number of nitrogens with zero attached hydrogens (tertiary/aromatic N) is 1. The Morgan fingerprint density at radius 2 is 1.55 bits per heavy atom. The largest absolute Gasteiger partial charge is 0.352 e. The lowest BCUT2D eigenvalue weighted by Crippen LogP contribution is -2.46. The van der Waals surface area contributed by atoms with E-state index < -0.39 is 0 Å². The molecule has 0 radical (unpaired) electrons. The van der Waals surface area contributed by atoms with Gasteiger partial charge in [-0.1, -0.05) is 25.1 Å². The van der Waals surface area contributed by atoms with E-state index in [1.165, 1.54) is 5.56 Å². The molecule has 1 heterocycles. The summed E-state index contributed by atoms with van der Waals surface area (Å²) in [4.78, 5) is 38.7. The average molecular weight is 450 g/mol. The fourth-order valence-corrected chi connectivity index (χ4v) is 3.65. The molecule has 0 bridgehead atoms. The molecular weight excluding hydrogens is 418 g/mol. The maximum absolute atomic E-state index is 12.6. The van der Waals surface area contributed by atoms with E-state index >= 15 is 0 Å². The van der Waals surface area contributed by atoms with Crippen molar-refractivity contribution in [3.05, 3.63) is 66.7 Å². The van der Waals surface area contributed by atoms with Crippen molar-refractivity contribution in [1.82, 2.24) is 10.2 Å². The molecule has 0 aromatic heterocycles. The fraction of sp³-hybridized carbons (Fsp3) is 0.320. The topological polar surface area (TPSA) is 103 Å². The number of hydrogen-bond acceptors (Lipinski definition) is 3. The molecule has 1 aliphatic rings. The van der Waals surface area contributed by atoms with Crippen LogP contribution in [0.25, 0.3) is 0 Å². The van der Waals surface area contributed by atoms with E-state index in [4.69, 9.17) is 0 Å². The van der Waals surface area contributed by atoms with Crippen molar-refractivity contribution in [3.63, 3.8) is 0 Å². The zero-order valence-electron chi connectivity index (χ0n) is 18.9. The van der Waals surface area contributed by atoms with Gasteiger partial charge in [0.25, 0.3) is 0 Å². The van der Waals surface area contributed by atoms with Crippen molar-refractivity contribution in [2.24, 2.45) is 5.92 Å². The summed E-state index contributed by atoms with van der Waals surface area (Å²) >= 11 is 0. The summed E-state index contributed by atoms with van der Waals surface area (Å²) in [6.07, 6.45) is 4.12. The molecule has 0 unspecified atom stereocenters. The van der Waals surface area contributed by atoms with Gasteiger partial charge in [0.1, 0.15) is 0 Å². The smallest absolute Gasteiger partial charge is 0.323 e. The molecule has 4 N–H and O–H groups in total. The molecule has 1 atom stereocenters. The SMILES string of the molecule is C=CCNC(=O)[C@@H]1CCCN(C(=O)Nc2ccc(NC(=O)Nc3ccc(CC)cc3)cc2)C1. The molecule has 2 aromatic rings. The van der Waals surface area contributed by atoms with Crippen LogP contribution in [0.15, 0.2) is 61.2 Å². The van der Waals surface area contributed by atoms with Gasteiger partial charge in [-0.15, -0.1) is 6.58 Å². The highest BCUT2D eigenvalue weighted by atomic mass is 16.2. The van der Waals surface area contributed by atoms with Gasteiger partial charge < -0.3 is 26.2 Å². The molecule has 8 nitrogen and oxygen atoms in total. The molecule has 33 heavy (non-hydrogen) atoms. The summed E-state index contributed by atoms with van der Waals surface area (Å²) in [5.74, 6) is -0.268. The minimum atomic E-state index is -0.342. The third-order valence-electron chi connectivity index (χ3n) is 5.51. The highest BCUT2D eigenvalue weighted by molar-refractivity contribution is 6.00. The first-order chi connectivity index (χ1) is 16.0. The molecule has 3 rings (SSSR count). The monoisotopic (exact) mass is 449 g/mol. The maximum Gasteiger partial charge on any atom is 0.323 e. The van der Waals surface area contributed by atoms with E-state index in [-0.39, 0.29) is 23.9 Å². The van der Waals surface area contributed by atoms with Crippen molar-refractivity contribution in [2.75, 3.05) is 35.6 Å². The number of nitrogens with one attached hydrogen (secondary N) is 4. The van der Waals surface area contributed by atoms with Crippen LogP contribution in [0.2, 0.25) is 0 Å². The van der Waals surface area contributed by atoms with Crippen LogP contribution >= 0.6 is 0 Å². The lowest BCUT2D eigenvalue weighted by atomic mass is 9.97. The van der Waals surface area contributed by atoms with Crippen LogP contribution in [0, 0.1) is 5.92 Å². The van der Waals surface area contributed by atoms with Crippen molar-refractivity contribution in [1.29, 1.82) is 0 Å². The van der Waals surface area contributed by atoms with E-state index in [2.05, 4.69) is 34.8 Å². The zero-order valence-corrected chi connectivity index (χ0v) is 18.9. The Bertz CT molecular complexity index is 973. The number of piperidine rings is 1. The second kappa shape index (κ2) is 11.7. The highest BCUT2D eigenvalue weighted by Crippen LogP contribution is 2.19. The minimum absolute atomic E-state index is 0.0533. The standard InChI is InChI=1S/C25H31N5O3/c1-3-15-26-23(31)19-6-5-16-30(17-19)25(33)29-22-13-11-21(12-14-22)28-24(32)27-20-9-7-18(4-2)8-10-20/h3,7-14,19H,1,4-6,15-17H2,2H3,(H,26,31)(H,29,33)(H2,27,28,32)/t19-/m1/s1. The number of rotatable bonds is 7. The summed E-state index contributed by atoms with van der Waals surface area (Å²) in [6.45, 7) is 7.09. The van der Waals surface area contributed by atoms with Crippen LogP contribution in [0.1, 0.15) is 25.3 Å². The maximum atomic E-state index is 12.6. The predicted octanol–water partition coefficient (Wildman–Crippen LogP) is 4.44. The Kier molecular flexibility index (Phi) is 8.46. The van der Waals surface area contributed by atoms with Crippen molar-refractivity contribution in [3.8, 4) is 0 Å². The number of benzene rings is 2. The molecule has 174 valence electrons. The Hall–Kier alpha value is -3.81. The third kappa shape index (κ3) is 7.10. The summed E-state index contributed by atoms with van der Waals surface area (Å²) in [6, 6.07) is 14.0. The number of amides is 5. The van der Waals surface area contributed by atoms with Crippen LogP contribution in [0.4, 0.5) is 26.7 Å². The predicted molar refractivity (Wildman–Crippen MR) is 131 cm³/mol. The quantitative estimate of drug-likeness (QED) is 0.470. The lowest BCUT2D eigenvalue weighted by molar-refractivity contribution is -0.126. The molecule has 1 saturated heterocycles. The Balaban J connectivity index is 1.49. The van der Waals surface area contributed by atoms with Gasteiger partial charge in [-0.2, -0.15) is 0 Å². The first kappa shape index (κ1) is 23.8. The van der Waals surface area contributed by atoms with Gasteiger partial charge >= 0.3 is 12.1 Å². The number of aryl methyl sites for hydroxylation is 1. The summed E-state index contributed by atoms with van der Waals surface area (Å²) < 4.78 is 0. The third-order valence-corrected chi connectivity index (χ3v) is 5.51. The number of hydrogen-bond donors (Lipinski definition) is 4. The number of carbonyl (C=O) groups excluding carboxylic acids is 3. The Labute approximate surface area is 194 Å². The van der Waals surface area contributed by atoms with Crippen molar-refractivity contribution in [2.45, 2.75) is 26.2 Å². The number of carbonyl (C=O) groups is 3. The minimum Gasteiger partial charge on any atom is -0.352 e. The van der Waals surface area contributed by atoms with Gasteiger partial charge in [-0.05, 0) is 61.2 Å². The van der Waals surface area contributed by atoms with Crippen LogP contribution in [0.3, 0.4) is 0 Å². The van der Waals surface area contributed by atoms with Crippen LogP contribution < -0.4 is 21.3 Å². The summed E-state index contributed by atoms with van der Waals surface area (Å²) in [5, 5.41) is 11.2. The lowest BCUT2D eigenvalue weighted by Gasteiger charge is -2.32. The van der Waals surface area contributed by atoms with Crippen LogP contribution in [0.5, 0.6) is 0 Å². The Morgan fingerprint density at radius 3 is 2.12 bits per heavy atom. The van der Waals surface area contributed by atoms with E-state index in [1.54, 1.807) is 35.2 Å². The molecule has 2 aromatic carbocycles. The second-order valence-electron chi connectivity index (χ2n) is 7.96. The van der Waals surface area contributed by atoms with Gasteiger partial charge in [0.05, 0.1) is 5.92 Å². The molecule has 0 aliphatic carbocycles. The number of urea groups is 2. The average Bonchev–Trinajstić information content (AvgIpc) is 2.84. The van der Waals surface area contributed by atoms with Gasteiger partial charge in [0, 0.05) is 36.7 Å². The van der Waals surface area contributed by atoms with E-state index in [0.717, 1.165) is 19.3 Å². The Morgan fingerprint density at radius 1 is 0.970 bits per heavy atom. The second-order valence-corrected chi connectivity index (χ2v) is 7.96. The van der Waals surface area contributed by atoms with Gasteiger partial charge in [0.2, 0.25) is 5.91 Å². The zero-order chi connectivity index (χ0) is 23.6. The van der Waals surface area contributed by atoms with Gasteiger partial charge in [-0.25, -0.2) is 9.59 Å². The van der Waals surface area contributed by atoms with E-state index in [1.807, 2.05) is 24.3 Å². The van der Waals surface area contributed by atoms with E-state index in [0.29, 0.717) is 36.7 Å². The highest BCUT2D eigenvalue weighted by Gasteiger charge is 2.28. The van der Waals surface area contributed by atoms with Crippen LogP contribution in [-0.4, -0.2) is 42.5 Å². The summed E-state index contributed by atoms with van der Waals surface area (Å²) in [7, 11) is 0. The molecule has 5 amide bonds. The van der Waals surface area contributed by atoms with Crippen molar-refractivity contribution >= 4 is 35.0 Å².